The van der Waals surface area contributed by atoms with E-state index in [9.17, 15) is 18.0 Å². The van der Waals surface area contributed by atoms with E-state index in [0.717, 1.165) is 31.7 Å². The Bertz CT molecular complexity index is 1900. The number of aliphatic carboxylic acids is 1. The van der Waals surface area contributed by atoms with Crippen LogP contribution in [0.4, 0.5) is 29.1 Å². The average Bonchev–Trinajstić information content (AvgIpc) is 3.70. The first-order chi connectivity index (χ1) is 24.4. The normalized spacial score (nSPS) is 18.1. The van der Waals surface area contributed by atoms with Crippen LogP contribution in [-0.4, -0.2) is 101 Å². The second-order valence-corrected chi connectivity index (χ2v) is 14.2. The van der Waals surface area contributed by atoms with Gasteiger partial charge in [-0.05, 0) is 43.9 Å². The zero-order valence-electron chi connectivity index (χ0n) is 28.8. The van der Waals surface area contributed by atoms with Gasteiger partial charge in [0, 0.05) is 88.3 Å². The number of hydrogen-bond donors (Lipinski definition) is 2. The van der Waals surface area contributed by atoms with Crippen LogP contribution >= 0.6 is 0 Å². The molecule has 7 rings (SSSR count). The lowest BCUT2D eigenvalue weighted by atomic mass is 9.86. The number of imidazole rings is 1. The molecule has 3 aliphatic rings. The number of aromatic amines is 1. The Hall–Kier alpha value is -4.37. The number of carboxylic acid groups (broad SMARTS) is 1. The quantitative estimate of drug-likeness (QED) is 0.161. The number of aromatic nitrogens is 5. The van der Waals surface area contributed by atoms with Crippen LogP contribution in [0.1, 0.15) is 62.1 Å². The average molecular weight is 711 g/mol. The van der Waals surface area contributed by atoms with Gasteiger partial charge in [0.1, 0.15) is 11.3 Å². The van der Waals surface area contributed by atoms with Crippen molar-refractivity contribution < 1.29 is 32.2 Å². The summed E-state index contributed by atoms with van der Waals surface area (Å²) in [6, 6.07) is 4.27. The van der Waals surface area contributed by atoms with Gasteiger partial charge in [-0.15, -0.1) is 0 Å². The summed E-state index contributed by atoms with van der Waals surface area (Å²) < 4.78 is 63.9. The Kier molecular flexibility index (Phi) is 9.61. The van der Waals surface area contributed by atoms with Crippen LogP contribution in [0, 0.1) is 11.2 Å². The third-order valence-electron chi connectivity index (χ3n) is 10.4. The summed E-state index contributed by atoms with van der Waals surface area (Å²) in [6.45, 7) is 3.88. The molecule has 272 valence electrons. The molecule has 11 nitrogen and oxygen atoms in total. The Balaban J connectivity index is 1.23. The number of H-pyrrole nitrogens is 1. The molecule has 0 radical (unpaired) electrons. The van der Waals surface area contributed by atoms with Crippen LogP contribution in [0.5, 0.6) is 0 Å². The van der Waals surface area contributed by atoms with E-state index in [1.54, 1.807) is 19.4 Å². The minimum atomic E-state index is -4.56. The van der Waals surface area contributed by atoms with E-state index in [1.807, 2.05) is 16.8 Å². The Morgan fingerprint density at radius 1 is 1.06 bits per heavy atom. The molecule has 4 aromatic rings. The third kappa shape index (κ3) is 7.50. The zero-order valence-corrected chi connectivity index (χ0v) is 28.8. The summed E-state index contributed by atoms with van der Waals surface area (Å²) in [5.74, 6) is -1.03. The molecule has 3 fully saturated rings. The number of halogens is 4. The molecule has 15 heteroatoms. The van der Waals surface area contributed by atoms with Gasteiger partial charge >= 0.3 is 12.1 Å². The maximum atomic E-state index is 15.6. The molecular weight excluding hydrogens is 668 g/mol. The van der Waals surface area contributed by atoms with Gasteiger partial charge in [-0.3, -0.25) is 14.7 Å². The number of fused-ring (bicyclic) bond motifs is 1. The summed E-state index contributed by atoms with van der Waals surface area (Å²) in [5.41, 5.74) is 1.73. The molecule has 0 spiro atoms. The maximum absolute atomic E-state index is 15.6. The minimum absolute atomic E-state index is 0.0544. The first-order valence-electron chi connectivity index (χ1n) is 17.5. The van der Waals surface area contributed by atoms with E-state index in [1.165, 1.54) is 12.3 Å². The number of carboxylic acids is 1. The smallest absolute Gasteiger partial charge is 0.418 e. The van der Waals surface area contributed by atoms with Gasteiger partial charge < -0.3 is 24.6 Å². The number of hydrogen-bond acceptors (Lipinski definition) is 9. The predicted molar refractivity (Wildman–Crippen MR) is 184 cm³/mol. The number of carbonyl (C=O) groups is 1. The minimum Gasteiger partial charge on any atom is -0.481 e. The fourth-order valence-corrected chi connectivity index (χ4v) is 7.68. The van der Waals surface area contributed by atoms with Gasteiger partial charge in [0.25, 0.3) is 0 Å². The molecule has 2 N–H and O–H groups in total. The molecule has 0 aromatic carbocycles. The van der Waals surface area contributed by atoms with Gasteiger partial charge in [0.05, 0.1) is 35.7 Å². The molecule has 2 aliphatic carbocycles. The summed E-state index contributed by atoms with van der Waals surface area (Å²) in [4.78, 5) is 38.4. The Morgan fingerprint density at radius 3 is 2.43 bits per heavy atom. The summed E-state index contributed by atoms with van der Waals surface area (Å²) in [5, 5.41) is 8.98. The Morgan fingerprint density at radius 2 is 1.78 bits per heavy atom. The Labute approximate surface area is 293 Å². The van der Waals surface area contributed by atoms with Crippen molar-refractivity contribution in [3.8, 4) is 22.6 Å². The summed E-state index contributed by atoms with van der Waals surface area (Å²) >= 11 is 0. The first kappa shape index (κ1) is 35.1. The molecule has 1 aliphatic heterocycles. The number of alkyl halides is 3. The van der Waals surface area contributed by atoms with Crippen LogP contribution in [0.25, 0.3) is 33.8 Å². The van der Waals surface area contributed by atoms with Gasteiger partial charge in [0.15, 0.2) is 17.3 Å². The number of rotatable bonds is 12. The number of nitrogens with one attached hydrogen (secondary N) is 1. The van der Waals surface area contributed by atoms with E-state index in [-0.39, 0.29) is 40.5 Å². The second-order valence-electron chi connectivity index (χ2n) is 14.2. The van der Waals surface area contributed by atoms with E-state index in [0.29, 0.717) is 87.0 Å². The van der Waals surface area contributed by atoms with Crippen LogP contribution in [0.15, 0.2) is 30.6 Å². The van der Waals surface area contributed by atoms with Crippen LogP contribution in [0.2, 0.25) is 0 Å². The largest absolute Gasteiger partial charge is 0.481 e. The van der Waals surface area contributed by atoms with Crippen molar-refractivity contribution in [3.63, 3.8) is 0 Å². The molecule has 51 heavy (non-hydrogen) atoms. The van der Waals surface area contributed by atoms with Gasteiger partial charge in [0.2, 0.25) is 0 Å². The van der Waals surface area contributed by atoms with Crippen LogP contribution in [-0.2, 0) is 15.7 Å². The van der Waals surface area contributed by atoms with Crippen LogP contribution in [0.3, 0.4) is 0 Å². The number of anilines is 2. The highest BCUT2D eigenvalue weighted by molar-refractivity contribution is 5.91. The highest BCUT2D eigenvalue weighted by Gasteiger charge is 2.40. The first-order valence-corrected chi connectivity index (χ1v) is 17.5. The molecule has 2 saturated carbocycles. The monoisotopic (exact) mass is 710 g/mol. The van der Waals surface area contributed by atoms with Crippen molar-refractivity contribution >= 4 is 28.6 Å². The maximum Gasteiger partial charge on any atom is 0.418 e. The van der Waals surface area contributed by atoms with Crippen molar-refractivity contribution in [2.45, 2.75) is 57.0 Å². The lowest BCUT2D eigenvalue weighted by Crippen LogP contribution is -2.47. The zero-order chi connectivity index (χ0) is 35.9. The lowest BCUT2D eigenvalue weighted by molar-refractivity contribution is -0.139. The fourth-order valence-electron chi connectivity index (χ4n) is 7.68. The molecule has 0 atom stereocenters. The van der Waals surface area contributed by atoms with Crippen LogP contribution < -0.4 is 9.80 Å². The highest BCUT2D eigenvalue weighted by Crippen LogP contribution is 2.46. The molecule has 0 amide bonds. The van der Waals surface area contributed by atoms with E-state index in [4.69, 9.17) is 19.8 Å². The molecule has 4 aromatic heterocycles. The number of ether oxygens (including phenoxy) is 1. The van der Waals surface area contributed by atoms with Crippen molar-refractivity contribution in [2.24, 2.45) is 5.41 Å². The topological polar surface area (TPSA) is 124 Å². The van der Waals surface area contributed by atoms with Crippen molar-refractivity contribution in [1.29, 1.82) is 0 Å². The molecule has 5 heterocycles. The molecule has 1 saturated heterocycles. The third-order valence-corrected chi connectivity index (χ3v) is 10.4. The summed E-state index contributed by atoms with van der Waals surface area (Å²) in [7, 11) is 3.64. The van der Waals surface area contributed by atoms with E-state index in [2.05, 4.69) is 19.9 Å². The number of piperazine rings is 1. The predicted octanol–water partition coefficient (Wildman–Crippen LogP) is 6.36. The van der Waals surface area contributed by atoms with Crippen molar-refractivity contribution in [1.82, 2.24) is 29.8 Å². The lowest BCUT2D eigenvalue weighted by Gasteiger charge is -2.35. The molecule has 0 bridgehead atoms. The standard InChI is InChI=1S/C36H42F4N8O3/c1-46(20-35(21-51-2)8-3-4-9-35)28-17-27(23-15-25(36(38,39)40)30(41-18-23)22-5-6-22)43-33-31(28)44-32(45-33)24-16-26(37)34(42-19-24)48-13-11-47(12-14-48)10-7-29(49)50/h15-19,22H,3-14,20-21H2,1-2H3,(H,49,50)(H,43,44,45). The highest BCUT2D eigenvalue weighted by atomic mass is 19.4. The number of methoxy groups -OCH3 is 1. The fraction of sp³-hybridized carbons (Fsp3) is 0.528. The van der Waals surface area contributed by atoms with Crippen molar-refractivity contribution in [3.05, 3.63) is 47.7 Å². The second kappa shape index (κ2) is 14.0. The van der Waals surface area contributed by atoms with Gasteiger partial charge in [-0.2, -0.15) is 13.2 Å². The number of pyridine rings is 3. The number of nitrogens with zero attached hydrogens (tertiary/aromatic N) is 7. The van der Waals surface area contributed by atoms with Gasteiger partial charge in [-0.25, -0.2) is 19.3 Å². The summed E-state index contributed by atoms with van der Waals surface area (Å²) in [6.07, 6.45) is 4.06. The van der Waals surface area contributed by atoms with Gasteiger partial charge in [-0.1, -0.05) is 12.8 Å². The molecular formula is C36H42F4N8O3. The molecule has 0 unspecified atom stereocenters. The van der Waals surface area contributed by atoms with Crippen molar-refractivity contribution in [2.75, 3.05) is 69.8 Å². The SMILES string of the molecule is COCC1(CN(C)c2cc(-c3cnc(C4CC4)c(C(F)(F)F)c3)nc3nc(-c4cnc(N5CCN(CCC(=O)O)CC5)c(F)c4)[nH]c23)CCCC1. The van der Waals surface area contributed by atoms with E-state index >= 15 is 4.39 Å². The van der Waals surface area contributed by atoms with E-state index < -0.39 is 23.5 Å².